The van der Waals surface area contributed by atoms with Crippen LogP contribution in [0.2, 0.25) is 0 Å². The number of para-hydroxylation sites is 1. The molecule has 2 aromatic carbocycles. The number of amides is 2. The highest BCUT2D eigenvalue weighted by Crippen LogP contribution is 2.27. The van der Waals surface area contributed by atoms with Crippen LogP contribution in [-0.4, -0.2) is 47.4 Å². The minimum Gasteiger partial charge on any atom is -0.480 e. The molecule has 0 fully saturated rings. The Morgan fingerprint density at radius 2 is 1.75 bits per heavy atom. The van der Waals surface area contributed by atoms with Crippen molar-refractivity contribution in [2.24, 2.45) is 0 Å². The molecular weight excluding hydrogens is 356 g/mol. The molecule has 0 saturated heterocycles. The molecule has 0 aliphatic carbocycles. The Morgan fingerprint density at radius 3 is 2.46 bits per heavy atom. The summed E-state index contributed by atoms with van der Waals surface area (Å²) in [5.74, 6) is -1.34. The molecule has 1 atom stereocenters. The van der Waals surface area contributed by atoms with Gasteiger partial charge in [0.1, 0.15) is 6.04 Å². The summed E-state index contributed by atoms with van der Waals surface area (Å²) in [5, 5.41) is 9.58. The quantitative estimate of drug-likeness (QED) is 0.801. The fourth-order valence-electron chi connectivity index (χ4n) is 3.53. The Kier molecular flexibility index (Phi) is 6.09. The molecule has 6 heteroatoms. The Bertz CT molecular complexity index is 866. The number of aryl methyl sites for hydroxylation is 1. The standard InChI is InChI=1S/C22H24N2O4/c1-23(19(22(27)28)15-16-7-3-2-4-8-16)20(25)13-14-24-18-10-6-5-9-17(18)11-12-21(24)26/h2-10,19H,11-15H2,1H3,(H,27,28). The molecule has 6 nitrogen and oxygen atoms in total. The number of fused-ring (bicyclic) bond motifs is 1. The van der Waals surface area contributed by atoms with E-state index < -0.39 is 12.0 Å². The predicted molar refractivity (Wildman–Crippen MR) is 106 cm³/mol. The molecule has 1 aliphatic rings. The number of carboxylic acid groups (broad SMARTS) is 1. The molecule has 2 aromatic rings. The summed E-state index contributed by atoms with van der Waals surface area (Å²) in [5.41, 5.74) is 2.79. The molecule has 0 spiro atoms. The van der Waals surface area contributed by atoms with Crippen molar-refractivity contribution in [3.05, 3.63) is 65.7 Å². The normalized spacial score (nSPS) is 14.3. The first-order valence-electron chi connectivity index (χ1n) is 9.38. The Balaban J connectivity index is 1.66. The lowest BCUT2D eigenvalue weighted by Crippen LogP contribution is -2.45. The van der Waals surface area contributed by atoms with Crippen molar-refractivity contribution in [1.82, 2.24) is 4.90 Å². The van der Waals surface area contributed by atoms with E-state index in [1.54, 1.807) is 4.90 Å². The third-order valence-electron chi connectivity index (χ3n) is 5.16. The summed E-state index contributed by atoms with van der Waals surface area (Å²) < 4.78 is 0. The maximum Gasteiger partial charge on any atom is 0.326 e. The van der Waals surface area contributed by atoms with Crippen LogP contribution in [0.15, 0.2) is 54.6 Å². The van der Waals surface area contributed by atoms with Gasteiger partial charge in [-0.3, -0.25) is 9.59 Å². The van der Waals surface area contributed by atoms with Crippen molar-refractivity contribution in [2.45, 2.75) is 31.7 Å². The first kappa shape index (κ1) is 19.6. The SMILES string of the molecule is CN(C(=O)CCN1C(=O)CCc2ccccc21)C(Cc1ccccc1)C(=O)O. The number of rotatable bonds is 7. The maximum atomic E-state index is 12.7. The molecule has 0 aromatic heterocycles. The highest BCUT2D eigenvalue weighted by Gasteiger charge is 2.29. The number of anilines is 1. The molecule has 0 radical (unpaired) electrons. The molecule has 1 aliphatic heterocycles. The zero-order chi connectivity index (χ0) is 20.1. The van der Waals surface area contributed by atoms with Gasteiger partial charge in [0.25, 0.3) is 0 Å². The van der Waals surface area contributed by atoms with E-state index in [0.29, 0.717) is 12.8 Å². The maximum absolute atomic E-state index is 12.7. The molecule has 1 N–H and O–H groups in total. The fourth-order valence-corrected chi connectivity index (χ4v) is 3.53. The van der Waals surface area contributed by atoms with Crippen LogP contribution in [0.3, 0.4) is 0 Å². The number of nitrogens with zero attached hydrogens (tertiary/aromatic N) is 2. The Hall–Kier alpha value is -3.15. The predicted octanol–water partition coefficient (Wildman–Crippen LogP) is 2.51. The van der Waals surface area contributed by atoms with Crippen LogP contribution in [-0.2, 0) is 27.2 Å². The molecule has 1 heterocycles. The second-order valence-corrected chi connectivity index (χ2v) is 6.97. The van der Waals surface area contributed by atoms with E-state index in [0.717, 1.165) is 16.8 Å². The number of carboxylic acids is 1. The van der Waals surface area contributed by atoms with Gasteiger partial charge >= 0.3 is 5.97 Å². The van der Waals surface area contributed by atoms with Crippen molar-refractivity contribution in [2.75, 3.05) is 18.5 Å². The largest absolute Gasteiger partial charge is 0.480 e. The summed E-state index contributed by atoms with van der Waals surface area (Å²) in [7, 11) is 1.51. The van der Waals surface area contributed by atoms with Gasteiger partial charge in [-0.2, -0.15) is 0 Å². The van der Waals surface area contributed by atoms with Crippen LogP contribution in [0.25, 0.3) is 0 Å². The van der Waals surface area contributed by atoms with E-state index >= 15 is 0 Å². The van der Waals surface area contributed by atoms with Crippen LogP contribution in [0.1, 0.15) is 24.0 Å². The number of aliphatic carboxylic acids is 1. The van der Waals surface area contributed by atoms with Gasteiger partial charge in [-0.25, -0.2) is 4.79 Å². The van der Waals surface area contributed by atoms with Crippen molar-refractivity contribution in [3.63, 3.8) is 0 Å². The molecule has 146 valence electrons. The lowest BCUT2D eigenvalue weighted by molar-refractivity contribution is -0.149. The average molecular weight is 380 g/mol. The second kappa shape index (κ2) is 8.69. The van der Waals surface area contributed by atoms with E-state index in [1.807, 2.05) is 54.6 Å². The van der Waals surface area contributed by atoms with E-state index in [2.05, 4.69) is 0 Å². The van der Waals surface area contributed by atoms with E-state index in [4.69, 9.17) is 0 Å². The topological polar surface area (TPSA) is 77.9 Å². The van der Waals surface area contributed by atoms with Crippen LogP contribution < -0.4 is 4.90 Å². The minimum absolute atomic E-state index is 0.00627. The lowest BCUT2D eigenvalue weighted by Gasteiger charge is -2.30. The summed E-state index contributed by atoms with van der Waals surface area (Å²) in [6.07, 6.45) is 1.45. The fraction of sp³-hybridized carbons (Fsp3) is 0.318. The highest BCUT2D eigenvalue weighted by atomic mass is 16.4. The average Bonchev–Trinajstić information content (AvgIpc) is 2.71. The van der Waals surface area contributed by atoms with Gasteiger partial charge < -0.3 is 14.9 Å². The molecule has 0 bridgehead atoms. The number of likely N-dealkylation sites (N-methyl/N-ethyl adjacent to an activating group) is 1. The molecule has 2 amide bonds. The molecule has 0 saturated carbocycles. The third-order valence-corrected chi connectivity index (χ3v) is 5.16. The second-order valence-electron chi connectivity index (χ2n) is 6.97. The Morgan fingerprint density at radius 1 is 1.07 bits per heavy atom. The zero-order valence-corrected chi connectivity index (χ0v) is 15.9. The van der Waals surface area contributed by atoms with Gasteiger partial charge in [0.05, 0.1) is 0 Å². The van der Waals surface area contributed by atoms with Gasteiger partial charge in [0.15, 0.2) is 0 Å². The number of carbonyl (C=O) groups is 3. The van der Waals surface area contributed by atoms with Crippen LogP contribution >= 0.6 is 0 Å². The van der Waals surface area contributed by atoms with Crippen molar-refractivity contribution in [3.8, 4) is 0 Å². The number of benzene rings is 2. The summed E-state index contributed by atoms with van der Waals surface area (Å²) in [6.45, 7) is 0.247. The minimum atomic E-state index is -1.04. The number of hydrogen-bond acceptors (Lipinski definition) is 3. The van der Waals surface area contributed by atoms with Crippen LogP contribution in [0.4, 0.5) is 5.69 Å². The third kappa shape index (κ3) is 4.39. The van der Waals surface area contributed by atoms with Crippen molar-refractivity contribution in [1.29, 1.82) is 0 Å². The number of hydrogen-bond donors (Lipinski definition) is 1. The lowest BCUT2D eigenvalue weighted by atomic mass is 10.0. The monoisotopic (exact) mass is 380 g/mol. The Labute approximate surface area is 164 Å². The first-order valence-corrected chi connectivity index (χ1v) is 9.38. The van der Waals surface area contributed by atoms with Crippen molar-refractivity contribution < 1.29 is 19.5 Å². The van der Waals surface area contributed by atoms with Gasteiger partial charge in [-0.15, -0.1) is 0 Å². The van der Waals surface area contributed by atoms with Crippen LogP contribution in [0, 0.1) is 0 Å². The highest BCUT2D eigenvalue weighted by molar-refractivity contribution is 5.97. The van der Waals surface area contributed by atoms with Crippen LogP contribution in [0.5, 0.6) is 0 Å². The summed E-state index contributed by atoms with van der Waals surface area (Å²) >= 11 is 0. The van der Waals surface area contributed by atoms with Crippen molar-refractivity contribution >= 4 is 23.5 Å². The van der Waals surface area contributed by atoms with Gasteiger partial charge in [0, 0.05) is 38.5 Å². The van der Waals surface area contributed by atoms with E-state index in [9.17, 15) is 19.5 Å². The first-order chi connectivity index (χ1) is 13.5. The summed E-state index contributed by atoms with van der Waals surface area (Å²) in [6, 6.07) is 16.0. The van der Waals surface area contributed by atoms with E-state index in [1.165, 1.54) is 11.9 Å². The van der Waals surface area contributed by atoms with Gasteiger partial charge in [-0.1, -0.05) is 48.5 Å². The summed E-state index contributed by atoms with van der Waals surface area (Å²) in [4.78, 5) is 39.6. The molecule has 1 unspecified atom stereocenters. The number of carbonyl (C=O) groups excluding carboxylic acids is 2. The molecule has 3 rings (SSSR count). The molecular formula is C22H24N2O4. The smallest absolute Gasteiger partial charge is 0.326 e. The zero-order valence-electron chi connectivity index (χ0n) is 15.9. The molecule has 28 heavy (non-hydrogen) atoms. The van der Waals surface area contributed by atoms with E-state index in [-0.39, 0.29) is 31.2 Å². The van der Waals surface area contributed by atoms with Gasteiger partial charge in [-0.05, 0) is 23.6 Å². The van der Waals surface area contributed by atoms with Gasteiger partial charge in [0.2, 0.25) is 11.8 Å².